The first kappa shape index (κ1) is 63.6. The summed E-state index contributed by atoms with van der Waals surface area (Å²) in [4.78, 5) is 3.78. The largest absolute Gasteiger partial charge is 4.00 e. The van der Waals surface area contributed by atoms with Crippen LogP contribution in [-0.4, -0.2) is 4.98 Å². The second-order valence-corrected chi connectivity index (χ2v) is 5.56. The van der Waals surface area contributed by atoms with Crippen LogP contribution < -0.4 is 105 Å². The summed E-state index contributed by atoms with van der Waals surface area (Å²) < 4.78 is 136. The molecule has 0 saturated heterocycles. The Morgan fingerprint density at radius 1 is 0.344 bits per heavy atom. The van der Waals surface area contributed by atoms with E-state index in [1.807, 2.05) is 18.2 Å². The number of hydrogen-bond acceptors (Lipinski definition) is 22. The molecule has 1 aromatic rings. The van der Waals surface area contributed by atoms with Gasteiger partial charge in [-0.25, -0.2) is 74.5 Å². The molecule has 0 saturated carbocycles. The Bertz CT molecular complexity index is 320. The molecule has 0 aliphatic rings. The van der Waals surface area contributed by atoms with Gasteiger partial charge in [0.05, 0.1) is 0 Å². The molecular weight excluding hydrogens is 643 g/mol. The van der Waals surface area contributed by atoms with E-state index in [-0.39, 0.29) is 50.2 Å². The topological polar surface area (TPSA) is 557 Å². The molecule has 0 unspecified atom stereocenters. The maximum atomic E-state index is 8.49. The Morgan fingerprint density at radius 3 is 0.500 bits per heavy atom. The van der Waals surface area contributed by atoms with Crippen molar-refractivity contribution in [3.05, 3.63) is 30.6 Å². The van der Waals surface area contributed by atoms with Gasteiger partial charge in [0.1, 0.15) is 0 Å². The fourth-order valence-electron chi connectivity index (χ4n) is 0.313. The number of hydrogen-bond donors (Lipinski definition) is 5. The molecule has 0 amide bonds. The van der Waals surface area contributed by atoms with Crippen LogP contribution in [0, 0.1) is 41.0 Å². The van der Waals surface area contributed by atoms with Crippen molar-refractivity contribution in [1.82, 2.24) is 35.7 Å². The first-order valence-electron chi connectivity index (χ1n) is 4.32. The molecule has 0 aliphatic carbocycles. The fraction of sp³-hybridized carbons (Fsp3) is 0. The molecule has 0 fully saturated rings. The molecule has 0 aromatic carbocycles. The summed E-state index contributed by atoms with van der Waals surface area (Å²) in [6.07, 6.45) is 3.50. The number of nitrogens with zero attached hydrogens (tertiary/aromatic N) is 1. The van der Waals surface area contributed by atoms with Gasteiger partial charge in [-0.2, -0.15) is 0 Å². The van der Waals surface area contributed by atoms with E-state index in [2.05, 4.69) is 4.98 Å². The monoisotopic (exact) mass is 662 g/mol. The first-order valence-corrected chi connectivity index (χ1v) is 9.26. The Morgan fingerprint density at radius 2 is 0.469 bits per heavy atom. The van der Waals surface area contributed by atoms with E-state index >= 15 is 0 Å². The van der Waals surface area contributed by atoms with Crippen molar-refractivity contribution < 1.29 is 135 Å². The van der Waals surface area contributed by atoms with Crippen LogP contribution >= 0.6 is 0 Å². The first-order chi connectivity index (χ1) is 11.0. The van der Waals surface area contributed by atoms with E-state index < -0.39 is 41.0 Å². The predicted molar refractivity (Wildman–Crippen MR) is 49.3 cm³/mol. The Kier molecular flexibility index (Phi) is 61.8. The van der Waals surface area contributed by atoms with Gasteiger partial charge in [-0.15, -0.1) is 41.0 Å². The molecular formula is C5H20Cl4N6O16Ru. The minimum Gasteiger partial charge on any atom is -0.344 e. The van der Waals surface area contributed by atoms with E-state index in [1.54, 1.807) is 12.4 Å². The Labute approximate surface area is 201 Å². The van der Waals surface area contributed by atoms with E-state index in [1.165, 1.54) is 0 Å². The molecule has 0 aliphatic heterocycles. The fourth-order valence-corrected chi connectivity index (χ4v) is 0.313. The molecule has 0 spiro atoms. The van der Waals surface area contributed by atoms with Gasteiger partial charge in [0.2, 0.25) is 0 Å². The molecule has 15 N–H and O–H groups in total. The number of pyridine rings is 1. The van der Waals surface area contributed by atoms with Crippen molar-refractivity contribution in [3.63, 3.8) is 0 Å². The minimum absolute atomic E-state index is 0. The predicted octanol–water partition coefficient (Wildman–Crippen LogP) is -17.1. The number of halogens is 4. The molecule has 1 aromatic heterocycles. The molecule has 27 heteroatoms. The van der Waals surface area contributed by atoms with Crippen LogP contribution in [0.5, 0.6) is 0 Å². The second-order valence-electron chi connectivity index (χ2n) is 2.54. The maximum absolute atomic E-state index is 8.49. The van der Waals surface area contributed by atoms with Crippen LogP contribution in [-0.2, 0) is 19.5 Å². The summed E-state index contributed by atoms with van der Waals surface area (Å²) in [7, 11) is -19.8. The third-order valence-electron chi connectivity index (χ3n) is 0.566. The van der Waals surface area contributed by atoms with Gasteiger partial charge in [0, 0.05) is 12.4 Å². The van der Waals surface area contributed by atoms with Gasteiger partial charge in [-0.1, -0.05) is 6.07 Å². The van der Waals surface area contributed by atoms with E-state index in [0.29, 0.717) is 0 Å². The summed E-state index contributed by atoms with van der Waals surface area (Å²) in [6.45, 7) is 0. The van der Waals surface area contributed by atoms with Crippen LogP contribution in [0.3, 0.4) is 0 Å². The van der Waals surface area contributed by atoms with E-state index in [0.717, 1.165) is 0 Å². The molecule has 202 valence electrons. The zero-order chi connectivity index (χ0) is 22.2. The smallest absolute Gasteiger partial charge is 0.344 e. The van der Waals surface area contributed by atoms with Gasteiger partial charge in [-0.3, -0.25) is 4.98 Å². The zero-order valence-corrected chi connectivity index (χ0v) is 20.0. The molecule has 32 heavy (non-hydrogen) atoms. The normalized spacial score (nSPS) is 9.00. The number of rotatable bonds is 0. The third-order valence-corrected chi connectivity index (χ3v) is 0.566. The minimum atomic E-state index is -4.94. The quantitative estimate of drug-likeness (QED) is 0.161. The summed E-state index contributed by atoms with van der Waals surface area (Å²) in [6, 6.07) is 5.72. The number of aromatic nitrogens is 1. The van der Waals surface area contributed by atoms with Crippen molar-refractivity contribution in [2.75, 3.05) is 0 Å². The van der Waals surface area contributed by atoms with Crippen molar-refractivity contribution in [3.8, 4) is 0 Å². The summed E-state index contributed by atoms with van der Waals surface area (Å²) >= 11 is 0. The summed E-state index contributed by atoms with van der Waals surface area (Å²) in [5, 5.41) is 0. The van der Waals surface area contributed by atoms with Crippen LogP contribution in [0.25, 0.3) is 0 Å². The van der Waals surface area contributed by atoms with Crippen molar-refractivity contribution in [1.29, 1.82) is 0 Å². The van der Waals surface area contributed by atoms with Crippen molar-refractivity contribution in [2.24, 2.45) is 0 Å². The Hall–Kier alpha value is 0.0934. The summed E-state index contributed by atoms with van der Waals surface area (Å²) in [5.41, 5.74) is 0. The second kappa shape index (κ2) is 31.1. The van der Waals surface area contributed by atoms with Gasteiger partial charge in [0.15, 0.2) is 0 Å². The van der Waals surface area contributed by atoms with Crippen LogP contribution in [0.1, 0.15) is 0 Å². The van der Waals surface area contributed by atoms with Gasteiger partial charge in [-0.05, 0) is 12.1 Å². The van der Waals surface area contributed by atoms with Crippen LogP contribution in [0.2, 0.25) is 0 Å². The molecule has 1 rings (SSSR count). The van der Waals surface area contributed by atoms with Gasteiger partial charge in [0.25, 0.3) is 0 Å². The molecule has 1 heterocycles. The third kappa shape index (κ3) is 686. The molecule has 0 bridgehead atoms. The van der Waals surface area contributed by atoms with Gasteiger partial charge >= 0.3 is 19.5 Å². The SMILES string of the molecule is N.N.N.N.N.[O-][Cl+3]([O-])([O-])[O-].[O-][Cl+3]([O-])([O-])[O-].[O-][Cl+3]([O-])([O-])[O-].[O-][Cl+3]([O-])([O-])[O-].[Ru+4].c1ccncc1. The van der Waals surface area contributed by atoms with Crippen molar-refractivity contribution in [2.45, 2.75) is 0 Å². The van der Waals surface area contributed by atoms with Crippen LogP contribution in [0.4, 0.5) is 0 Å². The van der Waals surface area contributed by atoms with Crippen molar-refractivity contribution >= 4 is 0 Å². The molecule has 22 nitrogen and oxygen atoms in total. The van der Waals surface area contributed by atoms with Gasteiger partial charge < -0.3 is 30.8 Å². The maximum Gasteiger partial charge on any atom is 4.00 e. The standard InChI is InChI=1S/C5H5N.4ClHO4.5H3N.Ru/c1-2-4-6-5-3-1;4*2-1(3,4)5;;;;;;/h1-5H;4*(H,2,3,4,5);5*1H3;/q;;;;;;;;;;+4/p-4. The van der Waals surface area contributed by atoms with E-state index in [9.17, 15) is 0 Å². The average Bonchev–Trinajstić information content (AvgIpc) is 2.21. The Balaban J connectivity index is -0.0000000226. The van der Waals surface area contributed by atoms with Crippen LogP contribution in [0.15, 0.2) is 30.6 Å². The molecule has 0 atom stereocenters. The summed E-state index contributed by atoms with van der Waals surface area (Å²) in [5.74, 6) is 0. The molecule has 0 radical (unpaired) electrons. The van der Waals surface area contributed by atoms with E-state index in [4.69, 9.17) is 74.5 Å². The zero-order valence-electron chi connectivity index (χ0n) is 15.3. The average molecular weight is 663 g/mol.